The largest absolute Gasteiger partial charge is 0.239 e. The predicted octanol–water partition coefficient (Wildman–Crippen LogP) is 3.74. The molecule has 0 atom stereocenters. The SMILES string of the molecule is Cc1c(Cl)nc(CCl)c(C)c1Cl. The lowest BCUT2D eigenvalue weighted by Gasteiger charge is -2.07. The monoisotopic (exact) mass is 223 g/mol. The van der Waals surface area contributed by atoms with E-state index in [0.29, 0.717) is 16.1 Å². The number of halogens is 3. The van der Waals surface area contributed by atoms with Crippen LogP contribution < -0.4 is 0 Å². The van der Waals surface area contributed by atoms with Gasteiger partial charge in [-0.2, -0.15) is 0 Å². The van der Waals surface area contributed by atoms with Crippen molar-refractivity contribution in [3.63, 3.8) is 0 Å². The molecule has 1 rings (SSSR count). The van der Waals surface area contributed by atoms with Crippen LogP contribution in [-0.2, 0) is 5.88 Å². The maximum Gasteiger partial charge on any atom is 0.133 e. The summed E-state index contributed by atoms with van der Waals surface area (Å²) in [6.45, 7) is 3.72. The van der Waals surface area contributed by atoms with Crippen LogP contribution in [0.2, 0.25) is 10.2 Å². The fourth-order valence-corrected chi connectivity index (χ4v) is 1.62. The van der Waals surface area contributed by atoms with Gasteiger partial charge in [-0.05, 0) is 19.4 Å². The van der Waals surface area contributed by atoms with Gasteiger partial charge in [-0.3, -0.25) is 0 Å². The van der Waals surface area contributed by atoms with Crippen molar-refractivity contribution in [1.82, 2.24) is 4.98 Å². The third kappa shape index (κ3) is 1.68. The number of aromatic nitrogens is 1. The third-order valence-corrected chi connectivity index (χ3v) is 2.95. The number of alkyl halides is 1. The van der Waals surface area contributed by atoms with Crippen LogP contribution in [0.25, 0.3) is 0 Å². The molecule has 1 nitrogen and oxygen atoms in total. The second-order valence-corrected chi connectivity index (χ2v) is 3.55. The van der Waals surface area contributed by atoms with E-state index < -0.39 is 0 Å². The van der Waals surface area contributed by atoms with Gasteiger partial charge in [-0.25, -0.2) is 4.98 Å². The Morgan fingerprint density at radius 3 is 2.25 bits per heavy atom. The van der Waals surface area contributed by atoms with Crippen LogP contribution in [0, 0.1) is 13.8 Å². The molecule has 1 aromatic heterocycles. The van der Waals surface area contributed by atoms with Crippen molar-refractivity contribution >= 4 is 34.8 Å². The highest BCUT2D eigenvalue weighted by Crippen LogP contribution is 2.27. The molecule has 0 radical (unpaired) electrons. The summed E-state index contributed by atoms with van der Waals surface area (Å²) < 4.78 is 0. The van der Waals surface area contributed by atoms with Gasteiger partial charge in [0.15, 0.2) is 0 Å². The second-order valence-electron chi connectivity index (χ2n) is 2.55. The average molecular weight is 225 g/mol. The Morgan fingerprint density at radius 2 is 1.75 bits per heavy atom. The van der Waals surface area contributed by atoms with Gasteiger partial charge in [0.1, 0.15) is 5.15 Å². The van der Waals surface area contributed by atoms with Gasteiger partial charge < -0.3 is 0 Å². The molecule has 0 unspecified atom stereocenters. The number of hydrogen-bond acceptors (Lipinski definition) is 1. The number of nitrogens with zero attached hydrogens (tertiary/aromatic N) is 1. The van der Waals surface area contributed by atoms with Crippen LogP contribution in [-0.4, -0.2) is 4.98 Å². The molecule has 12 heavy (non-hydrogen) atoms. The molecule has 66 valence electrons. The molecule has 1 heterocycles. The molecule has 0 aliphatic heterocycles. The van der Waals surface area contributed by atoms with E-state index in [1.807, 2.05) is 13.8 Å². The van der Waals surface area contributed by atoms with Crippen molar-refractivity contribution in [3.8, 4) is 0 Å². The van der Waals surface area contributed by atoms with Gasteiger partial charge in [0, 0.05) is 5.56 Å². The van der Waals surface area contributed by atoms with Crippen LogP contribution in [0.15, 0.2) is 0 Å². The normalized spacial score (nSPS) is 10.4. The summed E-state index contributed by atoms with van der Waals surface area (Å²) in [6.07, 6.45) is 0. The molecular weight excluding hydrogens is 216 g/mol. The van der Waals surface area contributed by atoms with E-state index in [0.717, 1.165) is 16.8 Å². The molecule has 0 spiro atoms. The van der Waals surface area contributed by atoms with Crippen LogP contribution in [0.5, 0.6) is 0 Å². The molecule has 0 saturated heterocycles. The molecule has 0 bridgehead atoms. The van der Waals surface area contributed by atoms with Crippen molar-refractivity contribution < 1.29 is 0 Å². The molecule has 0 aliphatic rings. The molecule has 0 amide bonds. The summed E-state index contributed by atoms with van der Waals surface area (Å²) in [5.41, 5.74) is 2.47. The maximum atomic E-state index is 5.98. The van der Waals surface area contributed by atoms with Gasteiger partial charge in [-0.15, -0.1) is 11.6 Å². The van der Waals surface area contributed by atoms with Crippen molar-refractivity contribution in [1.29, 1.82) is 0 Å². The molecular formula is C8H8Cl3N. The molecule has 1 aromatic rings. The van der Waals surface area contributed by atoms with Crippen molar-refractivity contribution in [2.75, 3.05) is 0 Å². The lowest BCUT2D eigenvalue weighted by Crippen LogP contribution is -1.95. The first-order valence-corrected chi connectivity index (χ1v) is 4.74. The van der Waals surface area contributed by atoms with Gasteiger partial charge in [-0.1, -0.05) is 23.2 Å². The Kier molecular flexibility index (Phi) is 3.22. The van der Waals surface area contributed by atoms with Crippen molar-refractivity contribution in [2.45, 2.75) is 19.7 Å². The summed E-state index contributed by atoms with van der Waals surface area (Å²) in [6, 6.07) is 0. The minimum Gasteiger partial charge on any atom is -0.239 e. The van der Waals surface area contributed by atoms with Gasteiger partial charge >= 0.3 is 0 Å². The van der Waals surface area contributed by atoms with E-state index in [1.165, 1.54) is 0 Å². The first-order valence-electron chi connectivity index (χ1n) is 3.45. The molecule has 0 N–H and O–H groups in total. The van der Waals surface area contributed by atoms with Crippen LogP contribution in [0.3, 0.4) is 0 Å². The zero-order valence-corrected chi connectivity index (χ0v) is 9.06. The lowest BCUT2D eigenvalue weighted by atomic mass is 10.2. The smallest absolute Gasteiger partial charge is 0.133 e. The average Bonchev–Trinajstić information content (AvgIpc) is 2.08. The number of pyridine rings is 1. The van der Waals surface area contributed by atoms with E-state index in [2.05, 4.69) is 4.98 Å². The van der Waals surface area contributed by atoms with Gasteiger partial charge in [0.2, 0.25) is 0 Å². The highest BCUT2D eigenvalue weighted by Gasteiger charge is 2.09. The molecule has 0 aromatic carbocycles. The first kappa shape index (κ1) is 10.1. The van der Waals surface area contributed by atoms with Crippen LogP contribution in [0.1, 0.15) is 16.8 Å². The topological polar surface area (TPSA) is 12.9 Å². The highest BCUT2D eigenvalue weighted by molar-refractivity contribution is 6.35. The summed E-state index contributed by atoms with van der Waals surface area (Å²) in [5.74, 6) is 0.339. The maximum absolute atomic E-state index is 5.98. The van der Waals surface area contributed by atoms with E-state index in [9.17, 15) is 0 Å². The van der Waals surface area contributed by atoms with E-state index in [-0.39, 0.29) is 0 Å². The molecule has 0 fully saturated rings. The Labute approximate surface area is 86.7 Å². The van der Waals surface area contributed by atoms with Crippen molar-refractivity contribution in [2.24, 2.45) is 0 Å². The molecule has 0 aliphatic carbocycles. The molecule has 4 heteroatoms. The van der Waals surface area contributed by atoms with Gasteiger partial charge in [0.25, 0.3) is 0 Å². The van der Waals surface area contributed by atoms with Crippen LogP contribution in [0.4, 0.5) is 0 Å². The summed E-state index contributed by atoms with van der Waals surface area (Å²) in [5, 5.41) is 1.09. The summed E-state index contributed by atoms with van der Waals surface area (Å²) >= 11 is 17.4. The Morgan fingerprint density at radius 1 is 1.17 bits per heavy atom. The second kappa shape index (κ2) is 3.82. The first-order chi connectivity index (χ1) is 5.57. The standard InChI is InChI=1S/C8H8Cl3N/c1-4-6(3-9)12-8(11)5(2)7(4)10/h3H2,1-2H3. The zero-order chi connectivity index (χ0) is 9.30. The zero-order valence-electron chi connectivity index (χ0n) is 6.79. The fraction of sp³-hybridized carbons (Fsp3) is 0.375. The van der Waals surface area contributed by atoms with Crippen LogP contribution >= 0.6 is 34.8 Å². The van der Waals surface area contributed by atoms with E-state index in [4.69, 9.17) is 34.8 Å². The summed E-state index contributed by atoms with van der Waals surface area (Å²) in [7, 11) is 0. The molecule has 0 saturated carbocycles. The van der Waals surface area contributed by atoms with Gasteiger partial charge in [0.05, 0.1) is 16.6 Å². The Hall–Kier alpha value is 0.0200. The Bertz CT molecular complexity index is 310. The summed E-state index contributed by atoms with van der Waals surface area (Å²) in [4.78, 5) is 4.10. The van der Waals surface area contributed by atoms with Crippen molar-refractivity contribution in [3.05, 3.63) is 27.0 Å². The minimum atomic E-state index is 0.339. The predicted molar refractivity (Wildman–Crippen MR) is 53.3 cm³/mol. The number of hydrogen-bond donors (Lipinski definition) is 0. The van der Waals surface area contributed by atoms with E-state index >= 15 is 0 Å². The Balaban J connectivity index is 3.39. The quantitative estimate of drug-likeness (QED) is 0.523. The van der Waals surface area contributed by atoms with E-state index in [1.54, 1.807) is 0 Å². The minimum absolute atomic E-state index is 0.339. The highest BCUT2D eigenvalue weighted by atomic mass is 35.5. The lowest BCUT2D eigenvalue weighted by molar-refractivity contribution is 1.10. The fourth-order valence-electron chi connectivity index (χ4n) is 0.915. The third-order valence-electron chi connectivity index (χ3n) is 1.76. The number of rotatable bonds is 1.